The second-order valence-electron chi connectivity index (χ2n) is 13.5. The lowest BCUT2D eigenvalue weighted by Crippen LogP contribution is -2.71. The summed E-state index contributed by atoms with van der Waals surface area (Å²) in [5.74, 6) is -11.6. The molecule has 4 N–H and O–H groups in total. The number of aliphatic imine (C=N–C) groups is 1. The molecule has 0 aliphatic heterocycles. The van der Waals surface area contributed by atoms with E-state index in [2.05, 4.69) is 4.99 Å². The van der Waals surface area contributed by atoms with E-state index in [9.17, 15) is 34.2 Å². The number of benzene rings is 2. The number of Topliss-reactive ketones (excluding diaryl/α,β-unsaturated/α-hetero) is 4. The second-order valence-corrected chi connectivity index (χ2v) is 13.5. The van der Waals surface area contributed by atoms with E-state index in [0.29, 0.717) is 12.0 Å². The van der Waals surface area contributed by atoms with Gasteiger partial charge in [-0.2, -0.15) is 0 Å². The van der Waals surface area contributed by atoms with Crippen LogP contribution < -0.4 is 5.73 Å². The second kappa shape index (κ2) is 10.6. The molecule has 1 amide bonds. The van der Waals surface area contributed by atoms with Crippen molar-refractivity contribution in [1.29, 1.82) is 0 Å². The van der Waals surface area contributed by atoms with Crippen LogP contribution in [0.2, 0.25) is 0 Å². The van der Waals surface area contributed by atoms with Crippen molar-refractivity contribution in [3.05, 3.63) is 53.1 Å². The molecule has 2 aromatic rings. The number of nitrogens with two attached hydrogens (primary N) is 1. The van der Waals surface area contributed by atoms with Crippen LogP contribution in [0.15, 0.2) is 41.4 Å². The standard InChI is InChI=1S/C34H38N2O7/c1-16(2)24-22-15-19-14-21-20(18-8-6-17(7-9-18)12-13-36-33(3,4)5)10-11-23(37)26(21)29(39)25(19)30(40)34(22,43)31(41)27(28(24)38)32(35)42/h6-11,13,16,19,22,24-25,27,37,43H,12,14-15H2,1-5H3,(H2,35,42)/t19-,22-,24-,25?,27?,34-/m0/s1. The first-order valence-electron chi connectivity index (χ1n) is 14.7. The lowest BCUT2D eigenvalue weighted by molar-refractivity contribution is -0.182. The van der Waals surface area contributed by atoms with E-state index in [0.717, 1.165) is 16.7 Å². The van der Waals surface area contributed by atoms with Crippen molar-refractivity contribution in [3.8, 4) is 16.9 Å². The van der Waals surface area contributed by atoms with Crippen molar-refractivity contribution in [2.45, 2.75) is 65.0 Å². The number of rotatable bonds is 5. The smallest absolute Gasteiger partial charge is 0.235 e. The lowest BCUT2D eigenvalue weighted by atomic mass is 9.49. The SMILES string of the molecule is CC(C)[C@@H]1C(=O)C(C(N)=O)C(=O)[C@@]2(O)C(=O)C3C(=O)c4c(O)ccc(-c5ccc(CC=NC(C)(C)C)cc5)c4C[C@H]3C[C@@H]12. The van der Waals surface area contributed by atoms with Crippen LogP contribution in [-0.2, 0) is 32.0 Å². The van der Waals surface area contributed by atoms with Crippen LogP contribution in [0.3, 0.4) is 0 Å². The Hall–Kier alpha value is -3.98. The van der Waals surface area contributed by atoms with Crippen LogP contribution in [0.4, 0.5) is 0 Å². The predicted octanol–water partition coefficient (Wildman–Crippen LogP) is 3.29. The van der Waals surface area contributed by atoms with Gasteiger partial charge in [0.25, 0.3) is 0 Å². The molecule has 9 heteroatoms. The van der Waals surface area contributed by atoms with Gasteiger partial charge >= 0.3 is 0 Å². The van der Waals surface area contributed by atoms with Gasteiger partial charge in [-0.1, -0.05) is 44.2 Å². The van der Waals surface area contributed by atoms with Crippen LogP contribution in [0.5, 0.6) is 5.75 Å². The summed E-state index contributed by atoms with van der Waals surface area (Å²) in [6.07, 6.45) is 2.81. The molecule has 3 aliphatic rings. The molecule has 2 fully saturated rings. The molecule has 0 radical (unpaired) electrons. The van der Waals surface area contributed by atoms with Crippen molar-refractivity contribution in [2.24, 2.45) is 46.2 Å². The minimum atomic E-state index is -2.70. The van der Waals surface area contributed by atoms with E-state index >= 15 is 0 Å². The highest BCUT2D eigenvalue weighted by molar-refractivity contribution is 6.32. The summed E-state index contributed by atoms with van der Waals surface area (Å²) in [6, 6.07) is 11.0. The number of phenols is 1. The number of hydrogen-bond acceptors (Lipinski definition) is 8. The zero-order valence-electron chi connectivity index (χ0n) is 25.1. The summed E-state index contributed by atoms with van der Waals surface area (Å²) >= 11 is 0. The normalized spacial score (nSPS) is 29.0. The fraction of sp³-hybridized carbons (Fsp3) is 0.471. The van der Waals surface area contributed by atoms with Crippen molar-refractivity contribution in [3.63, 3.8) is 0 Å². The van der Waals surface area contributed by atoms with Crippen molar-refractivity contribution < 1.29 is 34.2 Å². The topological polar surface area (TPSA) is 164 Å². The number of aromatic hydroxyl groups is 1. The zero-order valence-corrected chi connectivity index (χ0v) is 25.1. The summed E-state index contributed by atoms with van der Waals surface area (Å²) < 4.78 is 0. The van der Waals surface area contributed by atoms with Gasteiger partial charge in [-0.15, -0.1) is 0 Å². The minimum Gasteiger partial charge on any atom is -0.507 e. The van der Waals surface area contributed by atoms with E-state index in [1.807, 2.05) is 51.3 Å². The zero-order chi connectivity index (χ0) is 31.6. The quantitative estimate of drug-likeness (QED) is 0.357. The van der Waals surface area contributed by atoms with E-state index in [1.54, 1.807) is 19.9 Å². The molecule has 226 valence electrons. The Labute approximate surface area is 250 Å². The lowest BCUT2D eigenvalue weighted by Gasteiger charge is -2.52. The maximum atomic E-state index is 14.0. The van der Waals surface area contributed by atoms with E-state index in [4.69, 9.17) is 5.73 Å². The molecule has 3 aliphatic carbocycles. The number of aliphatic hydroxyl groups is 1. The van der Waals surface area contributed by atoms with Gasteiger partial charge in [-0.05, 0) is 73.8 Å². The predicted molar refractivity (Wildman–Crippen MR) is 160 cm³/mol. The third-order valence-electron chi connectivity index (χ3n) is 9.27. The van der Waals surface area contributed by atoms with Gasteiger partial charge in [0.15, 0.2) is 34.7 Å². The summed E-state index contributed by atoms with van der Waals surface area (Å²) in [4.78, 5) is 71.4. The molecular weight excluding hydrogens is 548 g/mol. The molecule has 43 heavy (non-hydrogen) atoms. The van der Waals surface area contributed by atoms with Gasteiger partial charge in [-0.25, -0.2) is 0 Å². The highest BCUT2D eigenvalue weighted by atomic mass is 16.3. The maximum absolute atomic E-state index is 14.0. The average molecular weight is 587 g/mol. The van der Waals surface area contributed by atoms with Crippen LogP contribution in [0.25, 0.3) is 11.1 Å². The Morgan fingerprint density at radius 3 is 2.30 bits per heavy atom. The highest BCUT2D eigenvalue weighted by Crippen LogP contribution is 2.53. The van der Waals surface area contributed by atoms with Crippen LogP contribution in [-0.4, -0.2) is 56.6 Å². The first-order valence-corrected chi connectivity index (χ1v) is 14.7. The Morgan fingerprint density at radius 2 is 1.72 bits per heavy atom. The number of amides is 1. The molecule has 0 spiro atoms. The molecular formula is C34H38N2O7. The average Bonchev–Trinajstić information content (AvgIpc) is 2.90. The maximum Gasteiger partial charge on any atom is 0.235 e. The van der Waals surface area contributed by atoms with Crippen LogP contribution in [0.1, 0.15) is 62.5 Å². The van der Waals surface area contributed by atoms with Gasteiger partial charge < -0.3 is 15.9 Å². The monoisotopic (exact) mass is 586 g/mol. The number of carbonyl (C=O) groups is 5. The molecule has 2 aromatic carbocycles. The summed E-state index contributed by atoms with van der Waals surface area (Å²) in [6.45, 7) is 9.53. The molecule has 0 heterocycles. The molecule has 0 aromatic heterocycles. The largest absolute Gasteiger partial charge is 0.507 e. The van der Waals surface area contributed by atoms with Gasteiger partial charge in [0, 0.05) is 24.5 Å². The van der Waals surface area contributed by atoms with E-state index < -0.39 is 70.1 Å². The molecule has 0 bridgehead atoms. The van der Waals surface area contributed by atoms with Crippen LogP contribution >= 0.6 is 0 Å². The number of phenolic OH excluding ortho intramolecular Hbond substituents is 1. The molecule has 0 saturated heterocycles. The number of nitrogens with zero attached hydrogens (tertiary/aromatic N) is 1. The molecule has 6 atom stereocenters. The number of ketones is 4. The highest BCUT2D eigenvalue weighted by Gasteiger charge is 2.69. The third kappa shape index (κ3) is 4.93. The first-order chi connectivity index (χ1) is 20.1. The van der Waals surface area contributed by atoms with Crippen molar-refractivity contribution >= 4 is 35.3 Å². The van der Waals surface area contributed by atoms with E-state index in [1.165, 1.54) is 6.07 Å². The Balaban J connectivity index is 1.54. The van der Waals surface area contributed by atoms with Gasteiger partial charge in [0.1, 0.15) is 5.75 Å². The number of carbonyl (C=O) groups excluding carboxylic acids is 5. The molecule has 5 rings (SSSR count). The van der Waals surface area contributed by atoms with Crippen LogP contribution in [0, 0.1) is 35.5 Å². The van der Waals surface area contributed by atoms with Gasteiger partial charge in [0.2, 0.25) is 5.91 Å². The Kier molecular flexibility index (Phi) is 7.53. The van der Waals surface area contributed by atoms with E-state index in [-0.39, 0.29) is 29.7 Å². The minimum absolute atomic E-state index is 0.0123. The number of primary amides is 1. The van der Waals surface area contributed by atoms with Crippen molar-refractivity contribution in [1.82, 2.24) is 0 Å². The fourth-order valence-corrected chi connectivity index (χ4v) is 7.37. The van der Waals surface area contributed by atoms with Gasteiger partial charge in [-0.3, -0.25) is 29.0 Å². The summed E-state index contributed by atoms with van der Waals surface area (Å²) in [5, 5.41) is 22.6. The number of fused-ring (bicyclic) bond motifs is 3. The molecule has 9 nitrogen and oxygen atoms in total. The molecule has 2 saturated carbocycles. The third-order valence-corrected chi connectivity index (χ3v) is 9.27. The Morgan fingerprint density at radius 1 is 1.07 bits per heavy atom. The first kappa shape index (κ1) is 30.5. The summed E-state index contributed by atoms with van der Waals surface area (Å²) in [5.41, 5.74) is 5.70. The van der Waals surface area contributed by atoms with Gasteiger partial charge in [0.05, 0.1) is 17.0 Å². The van der Waals surface area contributed by atoms with Crippen molar-refractivity contribution in [2.75, 3.05) is 0 Å². The number of hydrogen-bond donors (Lipinski definition) is 3. The molecule has 2 unspecified atom stereocenters. The summed E-state index contributed by atoms with van der Waals surface area (Å²) in [7, 11) is 0. The fourth-order valence-electron chi connectivity index (χ4n) is 7.37. The Bertz CT molecular complexity index is 1570.